The molecule has 0 radical (unpaired) electrons. The van der Waals surface area contributed by atoms with E-state index in [-0.39, 0.29) is 11.9 Å². The molecular weight excluding hydrogens is 980 g/mol. The molecule has 0 saturated heterocycles. The molecule has 12 heteroatoms. The molecule has 354 valence electrons. The highest BCUT2D eigenvalue weighted by molar-refractivity contribution is 14.1. The van der Waals surface area contributed by atoms with E-state index in [2.05, 4.69) is 73.6 Å². The Kier molecular flexibility index (Phi) is 21.2. The highest BCUT2D eigenvalue weighted by Gasteiger charge is 2.23. The Balaban J connectivity index is 0.000000210. The third-order valence-corrected chi connectivity index (χ3v) is 10.7. The molecule has 0 aliphatic heterocycles. The zero-order valence-corrected chi connectivity index (χ0v) is 41.0. The molecule has 0 saturated carbocycles. The van der Waals surface area contributed by atoms with Gasteiger partial charge in [0.25, 0.3) is 5.91 Å². The average Bonchev–Trinajstić information content (AvgIpc) is 3.40. The van der Waals surface area contributed by atoms with Crippen LogP contribution >= 0.6 is 22.6 Å². The Morgan fingerprint density at radius 2 is 0.870 bits per heavy atom. The van der Waals surface area contributed by atoms with Crippen molar-refractivity contribution in [3.05, 3.63) is 228 Å². The lowest BCUT2D eigenvalue weighted by Crippen LogP contribution is -2.43. The first kappa shape index (κ1) is 52.4. The summed E-state index contributed by atoms with van der Waals surface area (Å²) in [6, 6.07) is 60.9. The number of esters is 2. The van der Waals surface area contributed by atoms with Gasteiger partial charge in [0.2, 0.25) is 0 Å². The molecule has 0 spiro atoms. The summed E-state index contributed by atoms with van der Waals surface area (Å²) in [6.45, 7) is 1.50. The van der Waals surface area contributed by atoms with Crippen LogP contribution in [-0.2, 0) is 45.0 Å². The number of hydrogen-bond donors (Lipinski definition) is 5. The van der Waals surface area contributed by atoms with Crippen LogP contribution in [0.25, 0.3) is 21.5 Å². The number of nitrogens with two attached hydrogens (primary N) is 1. The highest BCUT2D eigenvalue weighted by Crippen LogP contribution is 2.23. The van der Waals surface area contributed by atoms with Crippen LogP contribution < -0.4 is 21.7 Å². The fourth-order valence-electron chi connectivity index (χ4n) is 7.12. The molecule has 8 aromatic carbocycles. The van der Waals surface area contributed by atoms with Crippen LogP contribution in [0.4, 0.5) is 11.4 Å². The first-order valence-electron chi connectivity index (χ1n) is 22.1. The van der Waals surface area contributed by atoms with Crippen molar-refractivity contribution < 1.29 is 33.8 Å². The van der Waals surface area contributed by atoms with E-state index in [1.807, 2.05) is 151 Å². The normalized spacial score (nSPS) is 11.1. The monoisotopic (exact) mass is 1040 g/mol. The second kappa shape index (κ2) is 27.9. The largest absolute Gasteiger partial charge is 0.478 e. The van der Waals surface area contributed by atoms with Crippen molar-refractivity contribution in [1.29, 1.82) is 0 Å². The number of amides is 1. The third-order valence-electron chi connectivity index (χ3n) is 10.7. The molecule has 0 aliphatic rings. The number of hydrogen-bond acceptors (Lipinski definition) is 9. The summed E-state index contributed by atoms with van der Waals surface area (Å²) in [6.07, 6.45) is 0.886. The van der Waals surface area contributed by atoms with Crippen LogP contribution in [0.5, 0.6) is 0 Å². The molecular formula is C57H57IN4O7. The molecule has 0 bridgehead atoms. The van der Waals surface area contributed by atoms with Crippen molar-refractivity contribution in [2.75, 3.05) is 29.8 Å². The fourth-order valence-corrected chi connectivity index (χ4v) is 7.12. The number of halogens is 1. The number of alkyl halides is 1. The zero-order valence-electron chi connectivity index (χ0n) is 38.8. The number of aromatic carboxylic acids is 1. The van der Waals surface area contributed by atoms with Crippen LogP contribution in [0, 0.1) is 0 Å². The summed E-state index contributed by atoms with van der Waals surface area (Å²) in [5, 5.41) is 22.6. The molecule has 0 fully saturated rings. The summed E-state index contributed by atoms with van der Waals surface area (Å²) in [5.41, 5.74) is 12.8. The number of ether oxygens (including phenoxy) is 2. The molecule has 0 aromatic heterocycles. The summed E-state index contributed by atoms with van der Waals surface area (Å²) in [4.78, 5) is 49.1. The number of carbonyl (C=O) groups is 4. The molecule has 8 rings (SSSR count). The number of carboxylic acids is 1. The molecule has 0 heterocycles. The topological polar surface area (TPSA) is 169 Å². The van der Waals surface area contributed by atoms with E-state index in [0.717, 1.165) is 57.1 Å². The maximum atomic E-state index is 12.9. The van der Waals surface area contributed by atoms with Crippen molar-refractivity contribution in [3.63, 3.8) is 0 Å². The number of anilines is 2. The van der Waals surface area contributed by atoms with Crippen molar-refractivity contribution in [3.8, 4) is 0 Å². The van der Waals surface area contributed by atoms with E-state index in [4.69, 9.17) is 15.6 Å². The lowest BCUT2D eigenvalue weighted by molar-refractivity contribution is -0.143. The molecule has 2 unspecified atom stereocenters. The molecule has 1 amide bonds. The van der Waals surface area contributed by atoms with Gasteiger partial charge in [-0.2, -0.15) is 0 Å². The number of carbonyl (C=O) groups excluding carboxylic acids is 3. The molecule has 8 aromatic rings. The fraction of sp³-hybridized carbons (Fsp3) is 0.158. The first-order valence-corrected chi connectivity index (χ1v) is 24.3. The molecule has 0 aliphatic carbocycles. The first-order chi connectivity index (χ1) is 33.6. The van der Waals surface area contributed by atoms with Gasteiger partial charge < -0.3 is 36.3 Å². The van der Waals surface area contributed by atoms with Crippen LogP contribution in [0.1, 0.15) is 43.0 Å². The average molecular weight is 1040 g/mol. The van der Waals surface area contributed by atoms with Crippen molar-refractivity contribution in [2.45, 2.75) is 38.0 Å². The lowest BCUT2D eigenvalue weighted by Gasteiger charge is -2.17. The lowest BCUT2D eigenvalue weighted by atomic mass is 10.0. The van der Waals surface area contributed by atoms with Crippen molar-refractivity contribution in [2.24, 2.45) is 5.73 Å². The van der Waals surface area contributed by atoms with Gasteiger partial charge in [-0.15, -0.1) is 0 Å². The number of rotatable bonds is 15. The Hall–Kier alpha value is -7.55. The Morgan fingerprint density at radius 1 is 0.493 bits per heavy atom. The Morgan fingerprint density at radius 3 is 1.30 bits per heavy atom. The number of benzene rings is 8. The Bertz CT molecular complexity index is 2870. The van der Waals surface area contributed by atoms with Gasteiger partial charge in [0.1, 0.15) is 12.1 Å². The van der Waals surface area contributed by atoms with Crippen molar-refractivity contribution in [1.82, 2.24) is 5.32 Å². The van der Waals surface area contributed by atoms with Gasteiger partial charge in [0.05, 0.1) is 19.8 Å². The van der Waals surface area contributed by atoms with Crippen molar-refractivity contribution >= 4 is 79.3 Å². The van der Waals surface area contributed by atoms with Crippen LogP contribution in [-0.4, -0.2) is 60.2 Å². The maximum absolute atomic E-state index is 12.9. The van der Waals surface area contributed by atoms with E-state index in [0.29, 0.717) is 24.0 Å². The number of carboxylic acid groups (broad SMARTS) is 1. The van der Waals surface area contributed by atoms with Crippen LogP contribution in [0.3, 0.4) is 0 Å². The summed E-state index contributed by atoms with van der Waals surface area (Å²) < 4.78 is 9.42. The van der Waals surface area contributed by atoms with Gasteiger partial charge in [-0.1, -0.05) is 168 Å². The summed E-state index contributed by atoms with van der Waals surface area (Å²) in [7, 11) is 2.67. The summed E-state index contributed by atoms with van der Waals surface area (Å²) >= 11 is 2.15. The smallest absolute Gasteiger partial charge is 0.335 e. The maximum Gasteiger partial charge on any atom is 0.335 e. The van der Waals surface area contributed by atoms with E-state index in [9.17, 15) is 19.2 Å². The molecule has 11 nitrogen and oxygen atoms in total. The highest BCUT2D eigenvalue weighted by atomic mass is 127. The standard InChI is InChI=1S/C28H26N2O3.C18H15NO2.C10H13NO2.CH3I/c1-33-28(32)26(16-20-8-4-2-5-9-20)30-27(31)24-13-12-23-18-25(15-14-22(23)17-24)29-19-21-10-6-3-7-11-21;20-18(21)16-7-6-15-11-17(9-8-14(15)10-16)19-12-13-4-2-1-3-5-13;1-13-10(12)9(11)7-8-5-3-2-4-6-8;1-2/h2-15,17-18,26,29H,16,19H2,1H3,(H,30,31);1-11,19H,12H2,(H,20,21);2-6,9H,7,11H2,1H3;1H3. The second-order valence-electron chi connectivity index (χ2n) is 15.6. The Labute approximate surface area is 417 Å². The minimum Gasteiger partial charge on any atom is -0.478 e. The minimum absolute atomic E-state index is 0.311. The van der Waals surface area contributed by atoms with E-state index < -0.39 is 24.0 Å². The van der Waals surface area contributed by atoms with Crippen LogP contribution in [0.15, 0.2) is 194 Å². The van der Waals surface area contributed by atoms with Gasteiger partial charge in [-0.25, -0.2) is 9.59 Å². The SMILES string of the molecule is CI.COC(=O)C(Cc1ccccc1)NC(=O)c1ccc2cc(NCc3ccccc3)ccc2c1.COC(=O)C(N)Cc1ccccc1.O=C(O)c1ccc2cc(NCc3ccccc3)ccc2c1. The van der Waals surface area contributed by atoms with E-state index >= 15 is 0 Å². The van der Waals surface area contributed by atoms with Gasteiger partial charge in [-0.05, 0) is 104 Å². The van der Waals surface area contributed by atoms with E-state index in [1.165, 1.54) is 25.3 Å². The van der Waals surface area contributed by atoms with Gasteiger partial charge in [-0.3, -0.25) is 9.59 Å². The van der Waals surface area contributed by atoms with Gasteiger partial charge in [0, 0.05) is 36.4 Å². The summed E-state index contributed by atoms with van der Waals surface area (Å²) in [5.74, 6) is -2.05. The quantitative estimate of drug-likeness (QED) is 0.0378. The number of fused-ring (bicyclic) bond motifs is 2. The molecule has 6 N–H and O–H groups in total. The number of nitrogens with one attached hydrogen (secondary N) is 3. The predicted molar refractivity (Wildman–Crippen MR) is 286 cm³/mol. The predicted octanol–water partition coefficient (Wildman–Crippen LogP) is 10.9. The molecule has 69 heavy (non-hydrogen) atoms. The minimum atomic E-state index is -0.900. The van der Waals surface area contributed by atoms with Gasteiger partial charge in [0.15, 0.2) is 0 Å². The zero-order chi connectivity index (χ0) is 49.4. The van der Waals surface area contributed by atoms with E-state index in [1.54, 1.807) is 18.2 Å². The number of methoxy groups -OCH3 is 2. The molecule has 2 atom stereocenters. The second-order valence-corrected chi connectivity index (χ2v) is 15.6. The van der Waals surface area contributed by atoms with Crippen LogP contribution in [0.2, 0.25) is 0 Å². The third kappa shape index (κ3) is 16.9. The van der Waals surface area contributed by atoms with Gasteiger partial charge >= 0.3 is 17.9 Å².